The molecule has 0 saturated carbocycles. The highest BCUT2D eigenvalue weighted by molar-refractivity contribution is 5.97. The summed E-state index contributed by atoms with van der Waals surface area (Å²) in [6.45, 7) is 8.07. The fourth-order valence-corrected chi connectivity index (χ4v) is 3.89. The topological polar surface area (TPSA) is 52.6 Å². The number of carbonyl (C=O) groups is 2. The van der Waals surface area contributed by atoms with E-state index in [4.69, 9.17) is 9.47 Å². The number of hydrogen-bond acceptors (Lipinski definition) is 4. The number of fused-ring (bicyclic) bond motifs is 2. The third kappa shape index (κ3) is 5.61. The number of rotatable bonds is 4. The van der Waals surface area contributed by atoms with Crippen molar-refractivity contribution in [3.63, 3.8) is 0 Å². The third-order valence-electron chi connectivity index (χ3n) is 5.71. The van der Waals surface area contributed by atoms with Crippen LogP contribution >= 0.6 is 0 Å². The van der Waals surface area contributed by atoms with Gasteiger partial charge in [0, 0.05) is 0 Å². The average Bonchev–Trinajstić information content (AvgIpc) is 2.90. The summed E-state index contributed by atoms with van der Waals surface area (Å²) in [7, 11) is 0. The van der Waals surface area contributed by atoms with Gasteiger partial charge in [-0.3, -0.25) is 0 Å². The molecule has 0 N–H and O–H groups in total. The molecular formula is C32H28O4. The Hall–Kier alpha value is -4.44. The number of aryl methyl sites for hydroxylation is 2. The van der Waals surface area contributed by atoms with Gasteiger partial charge in [0.15, 0.2) is 0 Å². The average molecular weight is 477 g/mol. The van der Waals surface area contributed by atoms with E-state index in [1.54, 1.807) is 36.4 Å². The summed E-state index contributed by atoms with van der Waals surface area (Å²) in [6, 6.07) is 29.5. The second-order valence-corrected chi connectivity index (χ2v) is 8.38. The van der Waals surface area contributed by atoms with Gasteiger partial charge >= 0.3 is 11.9 Å². The van der Waals surface area contributed by atoms with Crippen LogP contribution in [0.15, 0.2) is 97.1 Å². The summed E-state index contributed by atoms with van der Waals surface area (Å²) >= 11 is 0. The first kappa shape index (κ1) is 24.7. The van der Waals surface area contributed by atoms with Crippen LogP contribution in [0.2, 0.25) is 0 Å². The van der Waals surface area contributed by atoms with E-state index < -0.39 is 11.9 Å². The van der Waals surface area contributed by atoms with Gasteiger partial charge in [-0.1, -0.05) is 73.5 Å². The maximum absolute atomic E-state index is 12.6. The molecule has 0 radical (unpaired) electrons. The highest BCUT2D eigenvalue weighted by atomic mass is 16.5. The molecule has 5 rings (SSSR count). The van der Waals surface area contributed by atoms with Gasteiger partial charge in [-0.05, 0) is 83.9 Å². The van der Waals surface area contributed by atoms with Crippen LogP contribution in [0, 0.1) is 13.8 Å². The first-order chi connectivity index (χ1) is 17.4. The molecule has 5 aromatic carbocycles. The van der Waals surface area contributed by atoms with Crippen molar-refractivity contribution in [2.45, 2.75) is 27.7 Å². The Morgan fingerprint density at radius 2 is 0.806 bits per heavy atom. The largest absolute Gasteiger partial charge is 0.423 e. The molecule has 0 aliphatic heterocycles. The summed E-state index contributed by atoms with van der Waals surface area (Å²) in [5.41, 5.74) is 3.27. The lowest BCUT2D eigenvalue weighted by atomic mass is 10.0. The minimum atomic E-state index is -0.446. The molecule has 0 unspecified atom stereocenters. The zero-order valence-electron chi connectivity index (χ0n) is 20.9. The van der Waals surface area contributed by atoms with E-state index in [2.05, 4.69) is 12.1 Å². The smallest absolute Gasteiger partial charge is 0.343 e. The van der Waals surface area contributed by atoms with Gasteiger partial charge in [0.25, 0.3) is 0 Å². The molecule has 0 amide bonds. The predicted octanol–water partition coefficient (Wildman–Crippen LogP) is 8.07. The van der Waals surface area contributed by atoms with E-state index in [1.165, 1.54) is 11.1 Å². The summed E-state index contributed by atoms with van der Waals surface area (Å²) in [5.74, 6) is -0.151. The molecule has 0 bridgehead atoms. The molecule has 0 fully saturated rings. The van der Waals surface area contributed by atoms with E-state index in [-0.39, 0.29) is 0 Å². The zero-order chi connectivity index (χ0) is 25.7. The summed E-state index contributed by atoms with van der Waals surface area (Å²) in [6.07, 6.45) is 0. The summed E-state index contributed by atoms with van der Waals surface area (Å²) in [4.78, 5) is 25.2. The van der Waals surface area contributed by atoms with E-state index in [1.807, 2.05) is 76.2 Å². The van der Waals surface area contributed by atoms with Crippen LogP contribution in [0.5, 0.6) is 11.5 Å². The molecule has 0 atom stereocenters. The van der Waals surface area contributed by atoms with Gasteiger partial charge in [-0.25, -0.2) is 9.59 Å². The Morgan fingerprint density at radius 1 is 0.472 bits per heavy atom. The van der Waals surface area contributed by atoms with Crippen molar-refractivity contribution in [3.8, 4) is 11.5 Å². The maximum Gasteiger partial charge on any atom is 0.343 e. The van der Waals surface area contributed by atoms with Crippen LogP contribution < -0.4 is 9.47 Å². The molecule has 0 saturated heterocycles. The van der Waals surface area contributed by atoms with Crippen LogP contribution in [0.1, 0.15) is 45.7 Å². The minimum Gasteiger partial charge on any atom is -0.423 e. The Balaban J connectivity index is 0.00000148. The van der Waals surface area contributed by atoms with E-state index in [0.29, 0.717) is 22.6 Å². The van der Waals surface area contributed by atoms with Gasteiger partial charge in [-0.15, -0.1) is 0 Å². The van der Waals surface area contributed by atoms with Crippen LogP contribution in [0.25, 0.3) is 21.5 Å². The van der Waals surface area contributed by atoms with Crippen LogP contribution in [-0.4, -0.2) is 11.9 Å². The Labute approximate surface area is 211 Å². The second-order valence-electron chi connectivity index (χ2n) is 8.38. The van der Waals surface area contributed by atoms with Crippen molar-refractivity contribution in [2.75, 3.05) is 0 Å². The minimum absolute atomic E-state index is 0.370. The maximum atomic E-state index is 12.6. The fraction of sp³-hybridized carbons (Fsp3) is 0.125. The van der Waals surface area contributed by atoms with Crippen molar-refractivity contribution in [1.82, 2.24) is 0 Å². The van der Waals surface area contributed by atoms with Crippen molar-refractivity contribution >= 4 is 33.5 Å². The quantitative estimate of drug-likeness (QED) is 0.194. The molecular weight excluding hydrogens is 448 g/mol. The molecule has 0 aliphatic carbocycles. The molecule has 36 heavy (non-hydrogen) atoms. The van der Waals surface area contributed by atoms with Gasteiger partial charge < -0.3 is 9.47 Å². The van der Waals surface area contributed by atoms with E-state index in [9.17, 15) is 9.59 Å². The van der Waals surface area contributed by atoms with Crippen molar-refractivity contribution in [3.05, 3.63) is 119 Å². The normalized spacial score (nSPS) is 10.4. The molecule has 0 spiro atoms. The van der Waals surface area contributed by atoms with Gasteiger partial charge in [0.2, 0.25) is 0 Å². The highest BCUT2D eigenvalue weighted by Gasteiger charge is 2.12. The molecule has 0 aliphatic rings. The predicted molar refractivity (Wildman–Crippen MR) is 145 cm³/mol. The van der Waals surface area contributed by atoms with Gasteiger partial charge in [0.1, 0.15) is 11.5 Å². The number of esters is 2. The van der Waals surface area contributed by atoms with Crippen LogP contribution in [0.3, 0.4) is 0 Å². The third-order valence-corrected chi connectivity index (χ3v) is 5.71. The zero-order valence-corrected chi connectivity index (χ0v) is 20.9. The molecule has 180 valence electrons. The molecule has 0 aromatic heterocycles. The lowest BCUT2D eigenvalue weighted by Gasteiger charge is -2.08. The second kappa shape index (κ2) is 10.9. The Morgan fingerprint density at radius 3 is 1.19 bits per heavy atom. The monoisotopic (exact) mass is 476 g/mol. The summed E-state index contributed by atoms with van der Waals surface area (Å²) < 4.78 is 11.0. The molecule has 5 aromatic rings. The first-order valence-corrected chi connectivity index (χ1v) is 12.0. The fourth-order valence-electron chi connectivity index (χ4n) is 3.89. The Kier molecular flexibility index (Phi) is 7.45. The number of benzene rings is 5. The standard InChI is InChI=1S/C30H22O4.C2H6/c1-19-3-5-23-17-25(9-7-21(23)15-19)29(31)33-27-11-13-28(14-12-27)34-30(32)26-10-8-22-16-20(2)4-6-24(22)18-26;1-2/h3-18H,1-2H3;1-2H3. The van der Waals surface area contributed by atoms with Gasteiger partial charge in [0.05, 0.1) is 11.1 Å². The van der Waals surface area contributed by atoms with Gasteiger partial charge in [-0.2, -0.15) is 0 Å². The van der Waals surface area contributed by atoms with E-state index >= 15 is 0 Å². The number of ether oxygens (including phenoxy) is 2. The number of hydrogen-bond donors (Lipinski definition) is 0. The lowest BCUT2D eigenvalue weighted by Crippen LogP contribution is -2.09. The Bertz CT molecular complexity index is 1430. The SMILES string of the molecule is CC.Cc1ccc2cc(C(=O)Oc3ccc(OC(=O)c4ccc5cc(C)ccc5c4)cc3)ccc2c1. The lowest BCUT2D eigenvalue weighted by molar-refractivity contribution is 0.0719. The van der Waals surface area contributed by atoms with Crippen molar-refractivity contribution < 1.29 is 19.1 Å². The van der Waals surface area contributed by atoms with Crippen LogP contribution in [-0.2, 0) is 0 Å². The summed E-state index contributed by atoms with van der Waals surface area (Å²) in [5, 5.41) is 4.10. The van der Waals surface area contributed by atoms with Crippen molar-refractivity contribution in [1.29, 1.82) is 0 Å². The number of carbonyl (C=O) groups excluding carboxylic acids is 2. The molecule has 4 heteroatoms. The van der Waals surface area contributed by atoms with E-state index in [0.717, 1.165) is 21.5 Å². The first-order valence-electron chi connectivity index (χ1n) is 12.0. The van der Waals surface area contributed by atoms with Crippen molar-refractivity contribution in [2.24, 2.45) is 0 Å². The molecule has 4 nitrogen and oxygen atoms in total. The molecule has 0 heterocycles. The van der Waals surface area contributed by atoms with Crippen LogP contribution in [0.4, 0.5) is 0 Å². The highest BCUT2D eigenvalue weighted by Crippen LogP contribution is 2.23.